The van der Waals surface area contributed by atoms with E-state index in [0.29, 0.717) is 17.2 Å². The fourth-order valence-electron chi connectivity index (χ4n) is 1.44. The molecule has 0 atom stereocenters. The van der Waals surface area contributed by atoms with E-state index in [1.807, 2.05) is 0 Å². The molecule has 2 rings (SSSR count). The van der Waals surface area contributed by atoms with Gasteiger partial charge in [0.15, 0.2) is 11.6 Å². The average Bonchev–Trinajstić information content (AvgIpc) is 2.37. The Labute approximate surface area is 103 Å². The molecule has 0 aromatic heterocycles. The second-order valence-corrected chi connectivity index (χ2v) is 3.56. The number of benzene rings is 2. The van der Waals surface area contributed by atoms with E-state index in [9.17, 15) is 8.78 Å². The maximum absolute atomic E-state index is 13.4. The molecule has 0 heterocycles. The van der Waals surface area contributed by atoms with E-state index in [-0.39, 0.29) is 5.75 Å². The number of halogens is 2. The lowest BCUT2D eigenvalue weighted by Crippen LogP contribution is -1.95. The van der Waals surface area contributed by atoms with Crippen LogP contribution < -0.4 is 15.2 Å². The third-order valence-electron chi connectivity index (χ3n) is 2.35. The summed E-state index contributed by atoms with van der Waals surface area (Å²) in [7, 11) is 1.46. The highest BCUT2D eigenvalue weighted by Crippen LogP contribution is 2.31. The molecule has 3 nitrogen and oxygen atoms in total. The van der Waals surface area contributed by atoms with Gasteiger partial charge < -0.3 is 15.2 Å². The summed E-state index contributed by atoms with van der Waals surface area (Å²) in [6, 6.07) is 8.32. The lowest BCUT2D eigenvalue weighted by molar-refractivity contribution is 0.400. The maximum atomic E-state index is 13.4. The summed E-state index contributed by atoms with van der Waals surface area (Å²) in [5, 5.41) is 0. The number of rotatable bonds is 3. The van der Waals surface area contributed by atoms with Crippen LogP contribution in [0.3, 0.4) is 0 Å². The number of methoxy groups -OCH3 is 1. The molecule has 0 fully saturated rings. The quantitative estimate of drug-likeness (QED) is 0.851. The highest BCUT2D eigenvalue weighted by atomic mass is 19.2. The van der Waals surface area contributed by atoms with Crippen LogP contribution in [0.15, 0.2) is 36.4 Å². The first kappa shape index (κ1) is 12.2. The molecule has 0 aliphatic rings. The number of hydrogen-bond acceptors (Lipinski definition) is 3. The molecule has 2 aromatic carbocycles. The number of anilines is 1. The predicted molar refractivity (Wildman–Crippen MR) is 63.8 cm³/mol. The van der Waals surface area contributed by atoms with Gasteiger partial charge in [-0.05, 0) is 24.3 Å². The number of hydrogen-bond donors (Lipinski definition) is 1. The molecule has 0 amide bonds. The Bertz CT molecular complexity index is 573. The zero-order valence-corrected chi connectivity index (χ0v) is 9.61. The van der Waals surface area contributed by atoms with Crippen LogP contribution in [0.4, 0.5) is 14.5 Å². The van der Waals surface area contributed by atoms with Crippen LogP contribution in [0, 0.1) is 11.6 Å². The Hall–Kier alpha value is -2.30. The standard InChI is InChI=1S/C13H11F2NO2/c1-17-12-7-8(5-6-10(12)16)18-11-4-2-3-9(14)13(11)15/h2-7H,16H2,1H3. The smallest absolute Gasteiger partial charge is 0.201 e. The number of nitrogens with two attached hydrogens (primary N) is 1. The van der Waals surface area contributed by atoms with E-state index in [4.69, 9.17) is 15.2 Å². The minimum Gasteiger partial charge on any atom is -0.494 e. The minimum atomic E-state index is -1.03. The molecular weight excluding hydrogens is 240 g/mol. The first-order valence-electron chi connectivity index (χ1n) is 5.17. The molecule has 2 aromatic rings. The molecule has 0 bridgehead atoms. The van der Waals surface area contributed by atoms with Crippen molar-refractivity contribution in [2.24, 2.45) is 0 Å². The third-order valence-corrected chi connectivity index (χ3v) is 2.35. The Balaban J connectivity index is 2.31. The van der Waals surface area contributed by atoms with Crippen molar-refractivity contribution in [3.63, 3.8) is 0 Å². The van der Waals surface area contributed by atoms with Gasteiger partial charge in [-0.2, -0.15) is 4.39 Å². The summed E-state index contributed by atoms with van der Waals surface area (Å²) in [5.74, 6) is -1.47. The van der Waals surface area contributed by atoms with E-state index in [0.717, 1.165) is 6.07 Å². The summed E-state index contributed by atoms with van der Waals surface area (Å²) in [5.41, 5.74) is 6.07. The molecular formula is C13H11F2NO2. The average molecular weight is 251 g/mol. The Morgan fingerprint density at radius 1 is 1.06 bits per heavy atom. The van der Waals surface area contributed by atoms with Gasteiger partial charge in [-0.3, -0.25) is 0 Å². The van der Waals surface area contributed by atoms with E-state index >= 15 is 0 Å². The number of nitrogen functional groups attached to an aromatic ring is 1. The first-order valence-corrected chi connectivity index (χ1v) is 5.17. The molecule has 0 saturated carbocycles. The summed E-state index contributed by atoms with van der Waals surface area (Å²) in [4.78, 5) is 0. The van der Waals surface area contributed by atoms with E-state index < -0.39 is 11.6 Å². The van der Waals surface area contributed by atoms with Crippen molar-refractivity contribution in [1.29, 1.82) is 0 Å². The summed E-state index contributed by atoms with van der Waals surface area (Å²) >= 11 is 0. The van der Waals surface area contributed by atoms with Gasteiger partial charge in [0.25, 0.3) is 0 Å². The Morgan fingerprint density at radius 3 is 2.56 bits per heavy atom. The van der Waals surface area contributed by atoms with Crippen molar-refractivity contribution in [3.8, 4) is 17.2 Å². The molecule has 0 aliphatic heterocycles. The molecule has 0 saturated heterocycles. The van der Waals surface area contributed by atoms with Crippen molar-refractivity contribution in [1.82, 2.24) is 0 Å². The van der Waals surface area contributed by atoms with Crippen LogP contribution in [0.5, 0.6) is 17.2 Å². The summed E-state index contributed by atoms with van der Waals surface area (Å²) < 4.78 is 36.6. The topological polar surface area (TPSA) is 44.5 Å². The SMILES string of the molecule is COc1cc(Oc2cccc(F)c2F)ccc1N. The van der Waals surface area contributed by atoms with Gasteiger partial charge in [0.1, 0.15) is 11.5 Å². The molecule has 0 radical (unpaired) electrons. The van der Waals surface area contributed by atoms with E-state index in [1.165, 1.54) is 25.3 Å². The zero-order valence-electron chi connectivity index (χ0n) is 9.61. The van der Waals surface area contributed by atoms with Crippen LogP contribution >= 0.6 is 0 Å². The molecule has 5 heteroatoms. The lowest BCUT2D eigenvalue weighted by atomic mass is 10.2. The van der Waals surface area contributed by atoms with Gasteiger partial charge in [-0.25, -0.2) is 4.39 Å². The van der Waals surface area contributed by atoms with Crippen molar-refractivity contribution in [3.05, 3.63) is 48.0 Å². The van der Waals surface area contributed by atoms with Crippen LogP contribution in [-0.4, -0.2) is 7.11 Å². The first-order chi connectivity index (χ1) is 8.61. The summed E-state index contributed by atoms with van der Waals surface area (Å²) in [6.45, 7) is 0. The highest BCUT2D eigenvalue weighted by Gasteiger charge is 2.10. The van der Waals surface area contributed by atoms with Gasteiger partial charge in [0.2, 0.25) is 5.82 Å². The highest BCUT2D eigenvalue weighted by molar-refractivity contribution is 5.56. The van der Waals surface area contributed by atoms with Crippen LogP contribution in [0.1, 0.15) is 0 Å². The Morgan fingerprint density at radius 2 is 1.83 bits per heavy atom. The monoisotopic (exact) mass is 251 g/mol. The fourth-order valence-corrected chi connectivity index (χ4v) is 1.44. The molecule has 2 N–H and O–H groups in total. The largest absolute Gasteiger partial charge is 0.494 e. The summed E-state index contributed by atoms with van der Waals surface area (Å²) in [6.07, 6.45) is 0. The van der Waals surface area contributed by atoms with Gasteiger partial charge in [-0.15, -0.1) is 0 Å². The molecule has 0 spiro atoms. The lowest BCUT2D eigenvalue weighted by Gasteiger charge is -2.09. The van der Waals surface area contributed by atoms with Gasteiger partial charge in [-0.1, -0.05) is 6.07 Å². The molecule has 0 aliphatic carbocycles. The van der Waals surface area contributed by atoms with Crippen molar-refractivity contribution < 1.29 is 18.3 Å². The zero-order chi connectivity index (χ0) is 13.1. The van der Waals surface area contributed by atoms with Crippen molar-refractivity contribution in [2.75, 3.05) is 12.8 Å². The van der Waals surface area contributed by atoms with Crippen molar-refractivity contribution >= 4 is 5.69 Å². The second-order valence-electron chi connectivity index (χ2n) is 3.56. The fraction of sp³-hybridized carbons (Fsp3) is 0.0769. The van der Waals surface area contributed by atoms with Crippen molar-refractivity contribution in [2.45, 2.75) is 0 Å². The van der Waals surface area contributed by atoms with Crippen LogP contribution in [0.2, 0.25) is 0 Å². The molecule has 18 heavy (non-hydrogen) atoms. The van der Waals surface area contributed by atoms with E-state index in [1.54, 1.807) is 12.1 Å². The number of ether oxygens (including phenoxy) is 2. The molecule has 94 valence electrons. The van der Waals surface area contributed by atoms with E-state index in [2.05, 4.69) is 0 Å². The van der Waals surface area contributed by atoms with Gasteiger partial charge in [0, 0.05) is 6.07 Å². The van der Waals surface area contributed by atoms with Gasteiger partial charge in [0.05, 0.1) is 12.8 Å². The Kier molecular flexibility index (Phi) is 3.32. The van der Waals surface area contributed by atoms with Crippen LogP contribution in [-0.2, 0) is 0 Å². The maximum Gasteiger partial charge on any atom is 0.201 e. The predicted octanol–water partition coefficient (Wildman–Crippen LogP) is 3.35. The van der Waals surface area contributed by atoms with Crippen LogP contribution in [0.25, 0.3) is 0 Å². The van der Waals surface area contributed by atoms with Gasteiger partial charge >= 0.3 is 0 Å². The normalized spacial score (nSPS) is 10.2. The second kappa shape index (κ2) is 4.91. The molecule has 0 unspecified atom stereocenters. The third kappa shape index (κ3) is 2.34. The minimum absolute atomic E-state index is 0.193.